The normalized spacial score (nSPS) is 14.5. The van der Waals surface area contributed by atoms with Crippen LogP contribution in [0.1, 0.15) is 27.2 Å². The van der Waals surface area contributed by atoms with Gasteiger partial charge >= 0.3 is 5.97 Å². The summed E-state index contributed by atoms with van der Waals surface area (Å²) in [5.41, 5.74) is 0. The van der Waals surface area contributed by atoms with E-state index in [0.717, 1.165) is 6.08 Å². The number of hydrogen-bond donors (Lipinski definition) is 0. The molecule has 2 atom stereocenters. The van der Waals surface area contributed by atoms with Crippen LogP contribution < -0.4 is 0 Å². The molecule has 0 saturated carbocycles. The Balaban J connectivity index is 4.73. The summed E-state index contributed by atoms with van der Waals surface area (Å²) in [5, 5.41) is 0.115. The quantitative estimate of drug-likeness (QED) is 0.113. The van der Waals surface area contributed by atoms with Crippen LogP contribution in [0, 0.1) is 0 Å². The standard InChI is InChI=1S/C19H36O6Si/c1-9-16(23-15-22-14-13-21-6)17(25-18(20)10-2)11-12-24-26(7,8)19(3,4)5/h9-10,16-17H,1-2,11-15H2,3-8H3/t16-,17-/m1/s1. The van der Waals surface area contributed by atoms with Crippen LogP contribution >= 0.6 is 0 Å². The molecule has 0 aromatic carbocycles. The van der Waals surface area contributed by atoms with Crippen molar-refractivity contribution in [3.8, 4) is 0 Å². The van der Waals surface area contributed by atoms with Gasteiger partial charge in [0.05, 0.1) is 13.2 Å². The molecule has 0 fully saturated rings. The van der Waals surface area contributed by atoms with Crippen molar-refractivity contribution in [2.24, 2.45) is 0 Å². The largest absolute Gasteiger partial charge is 0.456 e. The lowest BCUT2D eigenvalue weighted by Gasteiger charge is -2.36. The number of esters is 1. The van der Waals surface area contributed by atoms with Crippen molar-refractivity contribution in [2.75, 3.05) is 33.7 Å². The summed E-state index contributed by atoms with van der Waals surface area (Å²) < 4.78 is 27.5. The Kier molecular flexibility index (Phi) is 11.9. The predicted molar refractivity (Wildman–Crippen MR) is 106 cm³/mol. The second kappa shape index (κ2) is 12.4. The lowest BCUT2D eigenvalue weighted by molar-refractivity contribution is -0.158. The van der Waals surface area contributed by atoms with Crippen LogP contribution in [0.5, 0.6) is 0 Å². The Morgan fingerprint density at radius 3 is 2.31 bits per heavy atom. The molecule has 6 nitrogen and oxygen atoms in total. The summed E-state index contributed by atoms with van der Waals surface area (Å²) in [6.45, 7) is 19.6. The van der Waals surface area contributed by atoms with Gasteiger partial charge in [-0.3, -0.25) is 0 Å². The van der Waals surface area contributed by atoms with E-state index < -0.39 is 26.5 Å². The molecule has 7 heteroatoms. The Morgan fingerprint density at radius 1 is 1.15 bits per heavy atom. The third-order valence-corrected chi connectivity index (χ3v) is 9.02. The van der Waals surface area contributed by atoms with E-state index in [4.69, 9.17) is 23.4 Å². The van der Waals surface area contributed by atoms with Crippen LogP contribution in [0.2, 0.25) is 18.1 Å². The van der Waals surface area contributed by atoms with Gasteiger partial charge in [0, 0.05) is 26.2 Å². The minimum atomic E-state index is -1.87. The van der Waals surface area contributed by atoms with Crippen LogP contribution in [0.25, 0.3) is 0 Å². The van der Waals surface area contributed by atoms with Crippen molar-refractivity contribution in [1.29, 1.82) is 0 Å². The Bertz CT molecular complexity index is 430. The van der Waals surface area contributed by atoms with Crippen molar-refractivity contribution in [3.63, 3.8) is 0 Å². The van der Waals surface area contributed by atoms with E-state index in [1.54, 1.807) is 13.2 Å². The van der Waals surface area contributed by atoms with Gasteiger partial charge in [0.2, 0.25) is 0 Å². The van der Waals surface area contributed by atoms with Crippen LogP contribution in [0.15, 0.2) is 25.3 Å². The highest BCUT2D eigenvalue weighted by Gasteiger charge is 2.37. The SMILES string of the molecule is C=CC(=O)O[C@H](CCO[Si](C)(C)C(C)(C)C)[C@@H](C=C)OCOCCOC. The Hall–Kier alpha value is -0.993. The summed E-state index contributed by atoms with van der Waals surface area (Å²) in [6.07, 6.45) is 2.23. The molecule has 0 heterocycles. The Morgan fingerprint density at radius 2 is 1.81 bits per heavy atom. The first-order valence-corrected chi connectivity index (χ1v) is 11.8. The second-order valence-corrected chi connectivity index (χ2v) is 12.3. The molecule has 0 aliphatic rings. The minimum Gasteiger partial charge on any atom is -0.456 e. The van der Waals surface area contributed by atoms with E-state index in [-0.39, 0.29) is 11.8 Å². The zero-order valence-corrected chi connectivity index (χ0v) is 18.2. The topological polar surface area (TPSA) is 63.2 Å². The molecule has 0 N–H and O–H groups in total. The van der Waals surface area contributed by atoms with E-state index >= 15 is 0 Å². The highest BCUT2D eigenvalue weighted by molar-refractivity contribution is 6.74. The molecule has 0 aromatic rings. The summed E-state index contributed by atoms with van der Waals surface area (Å²) in [7, 11) is -0.270. The maximum atomic E-state index is 11.7. The molecular formula is C19H36O6Si. The average Bonchev–Trinajstić information content (AvgIpc) is 2.56. The molecule has 0 radical (unpaired) electrons. The zero-order chi connectivity index (χ0) is 20.2. The fourth-order valence-corrected chi connectivity index (χ4v) is 2.85. The van der Waals surface area contributed by atoms with Gasteiger partial charge in [0.1, 0.15) is 19.0 Å². The highest BCUT2D eigenvalue weighted by Crippen LogP contribution is 2.36. The molecule has 0 aliphatic heterocycles. The molecule has 0 saturated heterocycles. The van der Waals surface area contributed by atoms with Gasteiger partial charge in [-0.2, -0.15) is 0 Å². The molecule has 0 bridgehead atoms. The summed E-state index contributed by atoms with van der Waals surface area (Å²) in [5.74, 6) is -0.502. The van der Waals surface area contributed by atoms with E-state index in [1.165, 1.54) is 0 Å². The number of rotatable bonds is 14. The molecule has 0 amide bonds. The van der Waals surface area contributed by atoms with Crippen LogP contribution in [0.4, 0.5) is 0 Å². The third kappa shape index (κ3) is 9.63. The maximum Gasteiger partial charge on any atom is 0.330 e. The summed E-state index contributed by atoms with van der Waals surface area (Å²) in [4.78, 5) is 11.7. The molecule has 0 rings (SSSR count). The van der Waals surface area contributed by atoms with Gasteiger partial charge in [-0.15, -0.1) is 6.58 Å². The first kappa shape index (κ1) is 25.0. The van der Waals surface area contributed by atoms with Gasteiger partial charge in [-0.1, -0.05) is 33.4 Å². The molecule has 0 spiro atoms. The number of methoxy groups -OCH3 is 1. The fourth-order valence-electron chi connectivity index (χ4n) is 1.79. The van der Waals surface area contributed by atoms with E-state index in [2.05, 4.69) is 47.0 Å². The monoisotopic (exact) mass is 388 g/mol. The van der Waals surface area contributed by atoms with Crippen LogP contribution in [-0.2, 0) is 28.2 Å². The van der Waals surface area contributed by atoms with Crippen LogP contribution in [0.3, 0.4) is 0 Å². The number of carbonyl (C=O) groups is 1. The van der Waals surface area contributed by atoms with Crippen molar-refractivity contribution in [2.45, 2.75) is 57.5 Å². The fraction of sp³-hybridized carbons (Fsp3) is 0.737. The second-order valence-electron chi connectivity index (χ2n) is 7.46. The molecule has 0 aliphatic carbocycles. The predicted octanol–water partition coefficient (Wildman–Crippen LogP) is 3.69. The summed E-state index contributed by atoms with van der Waals surface area (Å²) in [6, 6.07) is 0. The molecule has 152 valence electrons. The lowest BCUT2D eigenvalue weighted by Crippen LogP contribution is -2.42. The minimum absolute atomic E-state index is 0.0608. The Labute approximate surface area is 159 Å². The first-order valence-electron chi connectivity index (χ1n) is 8.87. The highest BCUT2D eigenvalue weighted by atomic mass is 28.4. The van der Waals surface area contributed by atoms with Gasteiger partial charge < -0.3 is 23.4 Å². The lowest BCUT2D eigenvalue weighted by atomic mass is 10.1. The van der Waals surface area contributed by atoms with E-state index in [1.807, 2.05) is 0 Å². The van der Waals surface area contributed by atoms with E-state index in [9.17, 15) is 4.79 Å². The van der Waals surface area contributed by atoms with Crippen molar-refractivity contribution in [1.82, 2.24) is 0 Å². The van der Waals surface area contributed by atoms with Crippen molar-refractivity contribution in [3.05, 3.63) is 25.3 Å². The number of carbonyl (C=O) groups excluding carboxylic acids is 1. The molecule has 0 unspecified atom stereocenters. The molecule has 26 heavy (non-hydrogen) atoms. The van der Waals surface area contributed by atoms with Crippen molar-refractivity contribution >= 4 is 14.3 Å². The van der Waals surface area contributed by atoms with Gasteiger partial charge in [-0.25, -0.2) is 4.79 Å². The van der Waals surface area contributed by atoms with Crippen LogP contribution in [-0.4, -0.2) is 60.2 Å². The van der Waals surface area contributed by atoms with Crippen molar-refractivity contribution < 1.29 is 28.2 Å². The van der Waals surface area contributed by atoms with Gasteiger partial charge in [-0.05, 0) is 18.1 Å². The third-order valence-electron chi connectivity index (χ3n) is 4.48. The molecular weight excluding hydrogens is 352 g/mol. The van der Waals surface area contributed by atoms with E-state index in [0.29, 0.717) is 26.2 Å². The maximum absolute atomic E-state index is 11.7. The zero-order valence-electron chi connectivity index (χ0n) is 17.2. The average molecular weight is 389 g/mol. The van der Waals surface area contributed by atoms with Gasteiger partial charge in [0.25, 0.3) is 0 Å². The smallest absolute Gasteiger partial charge is 0.330 e. The summed E-state index contributed by atoms with van der Waals surface area (Å²) >= 11 is 0. The molecule has 0 aromatic heterocycles. The number of hydrogen-bond acceptors (Lipinski definition) is 6. The first-order chi connectivity index (χ1) is 12.1. The van der Waals surface area contributed by atoms with Gasteiger partial charge in [0.15, 0.2) is 8.32 Å². The number of ether oxygens (including phenoxy) is 4.